The lowest BCUT2D eigenvalue weighted by Crippen LogP contribution is -2.39. The molecule has 0 radical (unpaired) electrons. The van der Waals surface area contributed by atoms with Crippen molar-refractivity contribution in [2.45, 2.75) is 187 Å². The highest BCUT2D eigenvalue weighted by Crippen LogP contribution is 2.13. The molecule has 0 saturated carbocycles. The molecule has 1 amide bonds. The largest absolute Gasteiger partial charge is 0.463 e. The highest BCUT2D eigenvalue weighted by molar-refractivity contribution is 5.76. The van der Waals surface area contributed by atoms with Gasteiger partial charge in [0.1, 0.15) is 6.10 Å². The molecular weight excluding hydrogens is 502 g/mol. The van der Waals surface area contributed by atoms with Crippen molar-refractivity contribution in [2.24, 2.45) is 0 Å². The van der Waals surface area contributed by atoms with Crippen molar-refractivity contribution in [3.63, 3.8) is 0 Å². The maximum atomic E-state index is 12.3. The van der Waals surface area contributed by atoms with Gasteiger partial charge in [0.2, 0.25) is 5.91 Å². The van der Waals surface area contributed by atoms with E-state index in [1.807, 2.05) is 6.92 Å². The average molecular weight is 570 g/mol. The van der Waals surface area contributed by atoms with Crippen LogP contribution in [-0.4, -0.2) is 48.9 Å². The first-order chi connectivity index (χ1) is 19.5. The molecule has 0 saturated heterocycles. The van der Waals surface area contributed by atoms with Crippen molar-refractivity contribution in [2.75, 3.05) is 19.8 Å². The van der Waals surface area contributed by atoms with E-state index < -0.39 is 0 Å². The zero-order valence-corrected chi connectivity index (χ0v) is 26.8. The van der Waals surface area contributed by atoms with Crippen molar-refractivity contribution < 1.29 is 24.2 Å². The fraction of sp³-hybridized carbons (Fsp3) is 0.941. The molecule has 0 fully saturated rings. The fourth-order valence-electron chi connectivity index (χ4n) is 5.00. The Labute approximate surface area is 248 Å². The topological polar surface area (TPSA) is 84.9 Å². The van der Waals surface area contributed by atoms with Crippen LogP contribution in [0, 0.1) is 0 Å². The first-order valence-electron chi connectivity index (χ1n) is 17.2. The van der Waals surface area contributed by atoms with Gasteiger partial charge in [0.15, 0.2) is 0 Å². The van der Waals surface area contributed by atoms with E-state index in [0.29, 0.717) is 38.9 Å². The normalized spacial score (nSPS) is 12.8. The highest BCUT2D eigenvalue weighted by Gasteiger charge is 2.14. The number of esters is 1. The molecule has 0 spiro atoms. The lowest BCUT2D eigenvalue weighted by atomic mass is 10.1. The van der Waals surface area contributed by atoms with E-state index in [9.17, 15) is 14.7 Å². The Kier molecular flexibility index (Phi) is 29.9. The lowest BCUT2D eigenvalue weighted by Gasteiger charge is -2.19. The molecule has 238 valence electrons. The summed E-state index contributed by atoms with van der Waals surface area (Å²) in [5, 5.41) is 12.4. The zero-order valence-electron chi connectivity index (χ0n) is 26.8. The van der Waals surface area contributed by atoms with Crippen LogP contribution in [-0.2, 0) is 19.1 Å². The van der Waals surface area contributed by atoms with Gasteiger partial charge in [-0.2, -0.15) is 0 Å². The molecular formula is C34H67NO5. The molecule has 2 atom stereocenters. The maximum absolute atomic E-state index is 12.3. The summed E-state index contributed by atoms with van der Waals surface area (Å²) in [4.78, 5) is 24.4. The van der Waals surface area contributed by atoms with E-state index in [1.165, 1.54) is 103 Å². The summed E-state index contributed by atoms with van der Waals surface area (Å²) >= 11 is 0. The van der Waals surface area contributed by atoms with Gasteiger partial charge in [0.25, 0.3) is 0 Å². The number of hydrogen-bond acceptors (Lipinski definition) is 5. The second-order valence-electron chi connectivity index (χ2n) is 11.8. The minimum absolute atomic E-state index is 0.0135. The van der Waals surface area contributed by atoms with Gasteiger partial charge in [-0.3, -0.25) is 9.59 Å². The van der Waals surface area contributed by atoms with Gasteiger partial charge in [-0.15, -0.1) is 0 Å². The van der Waals surface area contributed by atoms with Crippen LogP contribution in [0.15, 0.2) is 0 Å². The predicted octanol–water partition coefficient (Wildman–Crippen LogP) is 8.81. The van der Waals surface area contributed by atoms with Crippen LogP contribution in [0.2, 0.25) is 0 Å². The molecule has 0 aliphatic heterocycles. The highest BCUT2D eigenvalue weighted by atomic mass is 16.5. The van der Waals surface area contributed by atoms with Gasteiger partial charge in [-0.1, -0.05) is 129 Å². The molecule has 0 heterocycles. The van der Waals surface area contributed by atoms with Crippen LogP contribution in [0.25, 0.3) is 0 Å². The number of aliphatic hydroxyl groups is 1. The average Bonchev–Trinajstić information content (AvgIpc) is 2.93. The molecule has 0 bridgehead atoms. The summed E-state index contributed by atoms with van der Waals surface area (Å²) < 4.78 is 11.3. The zero-order chi connectivity index (χ0) is 29.5. The van der Waals surface area contributed by atoms with E-state index in [2.05, 4.69) is 19.2 Å². The SMILES string of the molecule is CCCCCCCCCCCCCC(=O)N[C@@H](CCO)COCC[C@@H](C)OC(=O)CCCCCCCCCCC. The molecule has 0 aliphatic carbocycles. The van der Waals surface area contributed by atoms with E-state index in [1.54, 1.807) is 0 Å². The van der Waals surface area contributed by atoms with Crippen molar-refractivity contribution in [3.8, 4) is 0 Å². The van der Waals surface area contributed by atoms with Gasteiger partial charge >= 0.3 is 5.97 Å². The summed E-state index contributed by atoms with van der Waals surface area (Å²) in [7, 11) is 0. The second-order valence-corrected chi connectivity index (χ2v) is 11.8. The lowest BCUT2D eigenvalue weighted by molar-refractivity contribution is -0.149. The molecule has 6 nitrogen and oxygen atoms in total. The Morgan fingerprint density at radius 3 is 1.57 bits per heavy atom. The van der Waals surface area contributed by atoms with Crippen LogP contribution in [0.3, 0.4) is 0 Å². The minimum Gasteiger partial charge on any atom is -0.463 e. The molecule has 0 unspecified atom stereocenters. The van der Waals surface area contributed by atoms with Gasteiger partial charge in [-0.05, 0) is 26.2 Å². The third kappa shape index (κ3) is 28.4. The monoisotopic (exact) mass is 570 g/mol. The van der Waals surface area contributed by atoms with Crippen molar-refractivity contribution in [3.05, 3.63) is 0 Å². The number of rotatable bonds is 31. The maximum Gasteiger partial charge on any atom is 0.306 e. The smallest absolute Gasteiger partial charge is 0.306 e. The summed E-state index contributed by atoms with van der Waals surface area (Å²) in [6.45, 7) is 7.23. The molecule has 2 N–H and O–H groups in total. The summed E-state index contributed by atoms with van der Waals surface area (Å²) in [5.41, 5.74) is 0. The summed E-state index contributed by atoms with van der Waals surface area (Å²) in [6.07, 6.45) is 26.9. The van der Waals surface area contributed by atoms with Crippen LogP contribution in [0.5, 0.6) is 0 Å². The van der Waals surface area contributed by atoms with Crippen LogP contribution >= 0.6 is 0 Å². The van der Waals surface area contributed by atoms with E-state index in [-0.39, 0.29) is 30.6 Å². The molecule has 0 rings (SSSR count). The third-order valence-corrected chi connectivity index (χ3v) is 7.65. The summed E-state index contributed by atoms with van der Waals surface area (Å²) in [6, 6.07) is -0.185. The summed E-state index contributed by atoms with van der Waals surface area (Å²) in [5.74, 6) is -0.0833. The fourth-order valence-corrected chi connectivity index (χ4v) is 5.00. The molecule has 0 aromatic carbocycles. The number of nitrogens with one attached hydrogen (secondary N) is 1. The molecule has 0 aromatic rings. The minimum atomic E-state index is -0.185. The molecule has 40 heavy (non-hydrogen) atoms. The Bertz CT molecular complexity index is 556. The Balaban J connectivity index is 3.75. The van der Waals surface area contributed by atoms with Crippen LogP contribution in [0.4, 0.5) is 0 Å². The predicted molar refractivity (Wildman–Crippen MR) is 168 cm³/mol. The van der Waals surface area contributed by atoms with E-state index in [0.717, 1.165) is 25.7 Å². The Morgan fingerprint density at radius 1 is 0.650 bits per heavy atom. The van der Waals surface area contributed by atoms with Crippen molar-refractivity contribution >= 4 is 11.9 Å². The number of aliphatic hydroxyl groups excluding tert-OH is 1. The number of ether oxygens (including phenoxy) is 2. The number of hydrogen-bond donors (Lipinski definition) is 2. The molecule has 0 aromatic heterocycles. The molecule has 0 aliphatic rings. The van der Waals surface area contributed by atoms with E-state index in [4.69, 9.17) is 9.47 Å². The van der Waals surface area contributed by atoms with Crippen molar-refractivity contribution in [1.29, 1.82) is 0 Å². The van der Waals surface area contributed by atoms with Gasteiger partial charge < -0.3 is 19.9 Å². The Hall–Kier alpha value is -1.14. The van der Waals surface area contributed by atoms with Gasteiger partial charge in [-0.25, -0.2) is 0 Å². The standard InChI is InChI=1S/C34H67NO5/c1-4-6-8-10-12-14-15-17-18-20-22-24-33(37)35-32(26-28-36)30-39-29-27-31(3)40-34(38)25-23-21-19-16-13-11-9-7-5-2/h31-32,36H,4-30H2,1-3H3,(H,35,37)/t31-,32+/m1/s1. The number of carbonyl (C=O) groups excluding carboxylic acids is 2. The first-order valence-corrected chi connectivity index (χ1v) is 17.2. The van der Waals surface area contributed by atoms with Crippen LogP contribution < -0.4 is 5.32 Å². The van der Waals surface area contributed by atoms with Crippen LogP contribution in [0.1, 0.15) is 175 Å². The van der Waals surface area contributed by atoms with Crippen molar-refractivity contribution in [1.82, 2.24) is 5.32 Å². The third-order valence-electron chi connectivity index (χ3n) is 7.65. The van der Waals surface area contributed by atoms with Gasteiger partial charge in [0, 0.05) is 25.9 Å². The quantitative estimate of drug-likeness (QED) is 0.0643. The first kappa shape index (κ1) is 38.9. The van der Waals surface area contributed by atoms with Gasteiger partial charge in [0.05, 0.1) is 19.3 Å². The second kappa shape index (κ2) is 30.8. The number of carbonyl (C=O) groups is 2. The van der Waals surface area contributed by atoms with E-state index >= 15 is 0 Å². The molecule has 6 heteroatoms. The Morgan fingerprint density at radius 2 is 1.10 bits per heavy atom. The number of amides is 1. The number of unbranched alkanes of at least 4 members (excludes halogenated alkanes) is 18.